The van der Waals surface area contributed by atoms with Crippen LogP contribution in [0.3, 0.4) is 0 Å². The third kappa shape index (κ3) is 5.84. The summed E-state index contributed by atoms with van der Waals surface area (Å²) in [7, 11) is 0. The van der Waals surface area contributed by atoms with Crippen LogP contribution in [0, 0.1) is 11.8 Å². The van der Waals surface area contributed by atoms with Crippen LogP contribution >= 0.6 is 12.4 Å². The second-order valence-electron chi connectivity index (χ2n) is 7.27. The average Bonchev–Trinajstić information content (AvgIpc) is 3.17. The van der Waals surface area contributed by atoms with E-state index in [9.17, 15) is 9.59 Å². The Morgan fingerprint density at radius 1 is 1.07 bits per heavy atom. The van der Waals surface area contributed by atoms with Crippen molar-refractivity contribution in [3.05, 3.63) is 30.3 Å². The molecule has 0 aliphatic carbocycles. The number of amides is 2. The number of para-hydroxylation sites is 1. The van der Waals surface area contributed by atoms with Crippen LogP contribution in [0.25, 0.3) is 0 Å². The number of carbonyl (C=O) groups is 2. The molecule has 2 unspecified atom stereocenters. The van der Waals surface area contributed by atoms with Gasteiger partial charge in [0, 0.05) is 26.2 Å². The minimum absolute atomic E-state index is 0. The monoisotopic (exact) mass is 395 g/mol. The van der Waals surface area contributed by atoms with Crippen molar-refractivity contribution in [3.8, 4) is 5.75 Å². The van der Waals surface area contributed by atoms with Gasteiger partial charge in [-0.3, -0.25) is 9.59 Å². The lowest BCUT2D eigenvalue weighted by molar-refractivity contribution is -0.140. The Labute approximate surface area is 167 Å². The number of hydrogen-bond donors (Lipinski definition) is 1. The molecule has 27 heavy (non-hydrogen) atoms. The van der Waals surface area contributed by atoms with Gasteiger partial charge in [-0.1, -0.05) is 18.2 Å². The fourth-order valence-electron chi connectivity index (χ4n) is 3.82. The Morgan fingerprint density at radius 3 is 2.56 bits per heavy atom. The fourth-order valence-corrected chi connectivity index (χ4v) is 3.82. The smallest absolute Gasteiger partial charge is 0.227 e. The number of hydrogen-bond acceptors (Lipinski definition) is 4. The van der Waals surface area contributed by atoms with Crippen LogP contribution in [0.5, 0.6) is 5.75 Å². The third-order valence-corrected chi connectivity index (χ3v) is 5.38. The molecule has 2 aliphatic rings. The summed E-state index contributed by atoms with van der Waals surface area (Å²) >= 11 is 0. The van der Waals surface area contributed by atoms with Gasteiger partial charge in [0.15, 0.2) is 0 Å². The number of rotatable bonds is 6. The molecular formula is C20H30ClN3O3. The van der Waals surface area contributed by atoms with E-state index in [0.29, 0.717) is 32.0 Å². The first-order valence-electron chi connectivity index (χ1n) is 9.62. The zero-order valence-electron chi connectivity index (χ0n) is 15.7. The second kappa shape index (κ2) is 10.5. The topological polar surface area (TPSA) is 75.9 Å². The lowest BCUT2D eigenvalue weighted by Crippen LogP contribution is -2.46. The highest BCUT2D eigenvalue weighted by Crippen LogP contribution is 2.23. The number of ether oxygens (including phenoxy) is 1. The van der Waals surface area contributed by atoms with Gasteiger partial charge in [0.05, 0.1) is 18.9 Å². The van der Waals surface area contributed by atoms with E-state index in [4.69, 9.17) is 10.5 Å². The summed E-state index contributed by atoms with van der Waals surface area (Å²) in [6.45, 7) is 3.84. The molecule has 1 aromatic carbocycles. The molecule has 0 saturated carbocycles. The molecule has 2 aliphatic heterocycles. The van der Waals surface area contributed by atoms with E-state index in [1.807, 2.05) is 40.1 Å². The van der Waals surface area contributed by atoms with Gasteiger partial charge in [-0.05, 0) is 43.9 Å². The van der Waals surface area contributed by atoms with Crippen molar-refractivity contribution in [2.45, 2.75) is 25.7 Å². The van der Waals surface area contributed by atoms with Gasteiger partial charge in [0.2, 0.25) is 11.8 Å². The molecule has 1 aromatic rings. The molecule has 2 atom stereocenters. The molecule has 2 saturated heterocycles. The van der Waals surface area contributed by atoms with Crippen LogP contribution in [-0.2, 0) is 9.59 Å². The van der Waals surface area contributed by atoms with Crippen LogP contribution in [0.1, 0.15) is 25.7 Å². The van der Waals surface area contributed by atoms with Gasteiger partial charge >= 0.3 is 0 Å². The Bertz CT molecular complexity index is 614. The van der Waals surface area contributed by atoms with Gasteiger partial charge in [0.25, 0.3) is 0 Å². The molecule has 0 spiro atoms. The van der Waals surface area contributed by atoms with Gasteiger partial charge < -0.3 is 20.3 Å². The lowest BCUT2D eigenvalue weighted by Gasteiger charge is -2.34. The van der Waals surface area contributed by atoms with Crippen molar-refractivity contribution in [2.75, 3.05) is 39.3 Å². The van der Waals surface area contributed by atoms with E-state index in [-0.39, 0.29) is 30.1 Å². The summed E-state index contributed by atoms with van der Waals surface area (Å²) in [6.07, 6.45) is 3.09. The summed E-state index contributed by atoms with van der Waals surface area (Å²) in [4.78, 5) is 29.0. The maximum atomic E-state index is 12.8. The SMILES string of the molecule is Cl.NCC1CCN(C(=O)C2CCCN(C(=O)CCOc3ccccc3)C2)C1. The van der Waals surface area contributed by atoms with Crippen molar-refractivity contribution >= 4 is 24.2 Å². The molecule has 3 rings (SSSR count). The Hall–Kier alpha value is -1.79. The summed E-state index contributed by atoms with van der Waals surface area (Å²) in [6, 6.07) is 9.51. The fraction of sp³-hybridized carbons (Fsp3) is 0.600. The van der Waals surface area contributed by atoms with E-state index in [0.717, 1.165) is 44.6 Å². The molecule has 7 heteroatoms. The van der Waals surface area contributed by atoms with Crippen molar-refractivity contribution < 1.29 is 14.3 Å². The van der Waals surface area contributed by atoms with Crippen LogP contribution in [0.15, 0.2) is 30.3 Å². The number of piperidine rings is 1. The van der Waals surface area contributed by atoms with Gasteiger partial charge in [-0.2, -0.15) is 0 Å². The Kier molecular flexibility index (Phi) is 8.38. The highest BCUT2D eigenvalue weighted by molar-refractivity contribution is 5.85. The van der Waals surface area contributed by atoms with Crippen LogP contribution in [-0.4, -0.2) is 60.9 Å². The van der Waals surface area contributed by atoms with E-state index < -0.39 is 0 Å². The number of carbonyl (C=O) groups excluding carboxylic acids is 2. The van der Waals surface area contributed by atoms with Gasteiger partial charge in [0.1, 0.15) is 5.75 Å². The molecule has 6 nitrogen and oxygen atoms in total. The minimum atomic E-state index is -0.0701. The number of benzene rings is 1. The van der Waals surface area contributed by atoms with E-state index >= 15 is 0 Å². The largest absolute Gasteiger partial charge is 0.493 e. The summed E-state index contributed by atoms with van der Waals surface area (Å²) < 4.78 is 5.61. The average molecular weight is 396 g/mol. The lowest BCUT2D eigenvalue weighted by atomic mass is 9.96. The second-order valence-corrected chi connectivity index (χ2v) is 7.27. The van der Waals surface area contributed by atoms with Crippen LogP contribution < -0.4 is 10.5 Å². The first-order chi connectivity index (χ1) is 12.7. The molecule has 2 amide bonds. The molecule has 150 valence electrons. The number of halogens is 1. The maximum Gasteiger partial charge on any atom is 0.227 e. The van der Waals surface area contributed by atoms with Crippen LogP contribution in [0.2, 0.25) is 0 Å². The molecule has 0 aromatic heterocycles. The summed E-state index contributed by atoms with van der Waals surface area (Å²) in [5.41, 5.74) is 5.72. The van der Waals surface area contributed by atoms with Gasteiger partial charge in [-0.15, -0.1) is 12.4 Å². The number of nitrogens with two attached hydrogens (primary N) is 1. The molecule has 0 radical (unpaired) electrons. The number of likely N-dealkylation sites (tertiary alicyclic amines) is 2. The van der Waals surface area contributed by atoms with Gasteiger partial charge in [-0.25, -0.2) is 0 Å². The third-order valence-electron chi connectivity index (χ3n) is 5.38. The normalized spacial score (nSPS) is 22.3. The zero-order valence-corrected chi connectivity index (χ0v) is 16.5. The first-order valence-corrected chi connectivity index (χ1v) is 9.62. The highest BCUT2D eigenvalue weighted by Gasteiger charge is 2.34. The standard InChI is InChI=1S/C20H29N3O3.ClH/c21-13-16-8-11-23(14-16)20(25)17-5-4-10-22(15-17)19(24)9-12-26-18-6-2-1-3-7-18;/h1-3,6-7,16-17H,4-5,8-15,21H2;1H. The van der Waals surface area contributed by atoms with E-state index in [1.54, 1.807) is 0 Å². The van der Waals surface area contributed by atoms with E-state index in [2.05, 4.69) is 0 Å². The summed E-state index contributed by atoms with van der Waals surface area (Å²) in [5, 5.41) is 0. The quantitative estimate of drug-likeness (QED) is 0.798. The van der Waals surface area contributed by atoms with Crippen molar-refractivity contribution in [1.82, 2.24) is 9.80 Å². The molecule has 2 N–H and O–H groups in total. The van der Waals surface area contributed by atoms with E-state index in [1.165, 1.54) is 0 Å². The van der Waals surface area contributed by atoms with Crippen molar-refractivity contribution in [3.63, 3.8) is 0 Å². The molecule has 2 heterocycles. The number of nitrogens with zero attached hydrogens (tertiary/aromatic N) is 2. The maximum absolute atomic E-state index is 12.8. The highest BCUT2D eigenvalue weighted by atomic mass is 35.5. The first kappa shape index (κ1) is 21.5. The van der Waals surface area contributed by atoms with Crippen molar-refractivity contribution in [1.29, 1.82) is 0 Å². The molecule has 0 bridgehead atoms. The Balaban J connectivity index is 0.00000261. The minimum Gasteiger partial charge on any atom is -0.493 e. The van der Waals surface area contributed by atoms with Crippen LogP contribution in [0.4, 0.5) is 0 Å². The predicted molar refractivity (Wildman–Crippen MR) is 107 cm³/mol. The summed E-state index contributed by atoms with van der Waals surface area (Å²) in [5.74, 6) is 1.39. The molecule has 2 fully saturated rings. The zero-order chi connectivity index (χ0) is 18.4. The van der Waals surface area contributed by atoms with Crippen molar-refractivity contribution in [2.24, 2.45) is 17.6 Å². The predicted octanol–water partition coefficient (Wildman–Crippen LogP) is 1.92. The Morgan fingerprint density at radius 2 is 1.85 bits per heavy atom. The molecular weight excluding hydrogens is 366 g/mol.